The van der Waals surface area contributed by atoms with E-state index in [1.165, 1.54) is 0 Å². The molecular weight excluding hydrogens is 266 g/mol. The van der Waals surface area contributed by atoms with Gasteiger partial charge in [0.15, 0.2) is 5.82 Å². The largest absolute Gasteiger partial charge is 0.354 e. The first-order valence-electron chi connectivity index (χ1n) is 6.29. The van der Waals surface area contributed by atoms with Crippen molar-refractivity contribution in [3.05, 3.63) is 11.2 Å². The van der Waals surface area contributed by atoms with Crippen LogP contribution in [0.3, 0.4) is 0 Å². The van der Waals surface area contributed by atoms with Crippen LogP contribution in [0.2, 0.25) is 5.02 Å². The Balaban J connectivity index is 2.39. The highest BCUT2D eigenvalue weighted by molar-refractivity contribution is 6.33. The summed E-state index contributed by atoms with van der Waals surface area (Å²) in [6.45, 7) is 7.65. The van der Waals surface area contributed by atoms with Gasteiger partial charge < -0.3 is 15.5 Å². The number of hydrogen-bond donors (Lipinski definition) is 2. The van der Waals surface area contributed by atoms with Crippen molar-refractivity contribution in [1.82, 2.24) is 15.3 Å². The van der Waals surface area contributed by atoms with Crippen molar-refractivity contribution >= 4 is 29.3 Å². The van der Waals surface area contributed by atoms with Crippen LogP contribution >= 0.6 is 11.6 Å². The van der Waals surface area contributed by atoms with Gasteiger partial charge in [-0.1, -0.05) is 11.6 Å². The van der Waals surface area contributed by atoms with E-state index in [0.717, 1.165) is 6.54 Å². The number of hydrogen-bond acceptors (Lipinski definition) is 5. The molecule has 1 saturated heterocycles. The van der Waals surface area contributed by atoms with Gasteiger partial charge in [-0.3, -0.25) is 4.79 Å². The minimum atomic E-state index is -0.681. The molecule has 1 aliphatic rings. The highest BCUT2D eigenvalue weighted by Gasteiger charge is 2.39. The van der Waals surface area contributed by atoms with Gasteiger partial charge in [-0.15, -0.1) is 0 Å². The molecule has 0 saturated carbocycles. The second-order valence-electron chi connectivity index (χ2n) is 4.86. The van der Waals surface area contributed by atoms with Gasteiger partial charge in [-0.2, -0.15) is 4.98 Å². The Hall–Kier alpha value is -1.56. The number of halogens is 1. The highest BCUT2D eigenvalue weighted by Crippen LogP contribution is 2.30. The lowest BCUT2D eigenvalue weighted by atomic mass is 9.99. The van der Waals surface area contributed by atoms with Crippen LogP contribution < -0.4 is 15.5 Å². The summed E-state index contributed by atoms with van der Waals surface area (Å²) in [5, 5.41) is 6.34. The molecule has 1 amide bonds. The van der Waals surface area contributed by atoms with Crippen molar-refractivity contribution in [2.24, 2.45) is 0 Å². The van der Waals surface area contributed by atoms with E-state index in [2.05, 4.69) is 20.6 Å². The quantitative estimate of drug-likeness (QED) is 0.874. The maximum atomic E-state index is 12.0. The molecule has 19 heavy (non-hydrogen) atoms. The molecule has 6 nitrogen and oxygen atoms in total. The lowest BCUT2D eigenvalue weighted by Gasteiger charge is -2.42. The molecule has 0 aliphatic carbocycles. The number of anilines is 2. The molecule has 0 unspecified atom stereocenters. The summed E-state index contributed by atoms with van der Waals surface area (Å²) in [5.74, 6) is 1.08. The van der Waals surface area contributed by atoms with Crippen molar-refractivity contribution in [2.45, 2.75) is 26.3 Å². The van der Waals surface area contributed by atoms with E-state index < -0.39 is 5.54 Å². The second-order valence-corrected chi connectivity index (χ2v) is 5.27. The van der Waals surface area contributed by atoms with Gasteiger partial charge in [0, 0.05) is 19.6 Å². The Kier molecular flexibility index (Phi) is 3.80. The summed E-state index contributed by atoms with van der Waals surface area (Å²) in [6.07, 6.45) is 1.56. The normalized spacial score (nSPS) is 18.1. The summed E-state index contributed by atoms with van der Waals surface area (Å²) >= 11 is 6.18. The summed E-state index contributed by atoms with van der Waals surface area (Å²) < 4.78 is 0. The molecule has 2 rings (SSSR count). The number of nitrogens with one attached hydrogen (secondary N) is 2. The van der Waals surface area contributed by atoms with Crippen LogP contribution in [0, 0.1) is 0 Å². The molecule has 1 aromatic rings. The van der Waals surface area contributed by atoms with Crippen LogP contribution in [0.15, 0.2) is 6.20 Å². The van der Waals surface area contributed by atoms with Crippen LogP contribution in [-0.4, -0.2) is 41.0 Å². The molecule has 0 bridgehead atoms. The molecule has 0 atom stereocenters. The third kappa shape index (κ3) is 2.58. The predicted octanol–water partition coefficient (Wildman–Crippen LogP) is 1.28. The molecule has 0 aromatic carbocycles. The summed E-state index contributed by atoms with van der Waals surface area (Å²) in [5.41, 5.74) is -0.681. The third-order valence-electron chi connectivity index (χ3n) is 3.17. The topological polar surface area (TPSA) is 70.2 Å². The fourth-order valence-electron chi connectivity index (χ4n) is 2.06. The number of piperazine rings is 1. The number of aromatic nitrogens is 2. The van der Waals surface area contributed by atoms with Gasteiger partial charge in [0.25, 0.3) is 0 Å². The van der Waals surface area contributed by atoms with E-state index in [9.17, 15) is 4.79 Å². The molecule has 2 heterocycles. The van der Waals surface area contributed by atoms with Gasteiger partial charge in [0.1, 0.15) is 10.6 Å². The molecule has 1 fully saturated rings. The number of nitrogens with zero attached hydrogens (tertiary/aromatic N) is 3. The Labute approximate surface area is 117 Å². The monoisotopic (exact) mass is 283 g/mol. The van der Waals surface area contributed by atoms with Crippen LogP contribution in [0.1, 0.15) is 20.8 Å². The van der Waals surface area contributed by atoms with Gasteiger partial charge in [-0.05, 0) is 20.8 Å². The number of amides is 1. The molecule has 1 aromatic heterocycles. The number of carbonyl (C=O) groups excluding carboxylic acids is 1. The van der Waals surface area contributed by atoms with Crippen LogP contribution in [0.25, 0.3) is 0 Å². The van der Waals surface area contributed by atoms with Crippen molar-refractivity contribution < 1.29 is 4.79 Å². The highest BCUT2D eigenvalue weighted by atomic mass is 35.5. The molecule has 7 heteroatoms. The molecule has 2 N–H and O–H groups in total. The molecule has 104 valence electrons. The van der Waals surface area contributed by atoms with E-state index in [0.29, 0.717) is 29.9 Å². The number of carbonyl (C=O) groups is 1. The van der Waals surface area contributed by atoms with E-state index in [1.807, 2.05) is 25.7 Å². The summed E-state index contributed by atoms with van der Waals surface area (Å²) in [4.78, 5) is 22.4. The Bertz CT molecular complexity index is 491. The smallest absolute Gasteiger partial charge is 0.245 e. The zero-order chi connectivity index (χ0) is 14.0. The van der Waals surface area contributed by atoms with Gasteiger partial charge >= 0.3 is 0 Å². The second kappa shape index (κ2) is 5.21. The predicted molar refractivity (Wildman–Crippen MR) is 75.6 cm³/mol. The maximum absolute atomic E-state index is 12.0. The van der Waals surface area contributed by atoms with Gasteiger partial charge in [0.2, 0.25) is 11.9 Å². The standard InChI is InChI=1S/C12H18ClN5O/c1-4-14-11-16-7-8(13)9(17-11)18-6-5-15-10(19)12(18,2)3/h7H,4-6H2,1-3H3,(H,15,19)(H,14,16,17). The Morgan fingerprint density at radius 3 is 3.00 bits per heavy atom. The zero-order valence-electron chi connectivity index (χ0n) is 11.3. The van der Waals surface area contributed by atoms with Gasteiger partial charge in [0.05, 0.1) is 6.20 Å². The average Bonchev–Trinajstić information content (AvgIpc) is 2.36. The summed E-state index contributed by atoms with van der Waals surface area (Å²) in [7, 11) is 0. The maximum Gasteiger partial charge on any atom is 0.245 e. The first kappa shape index (κ1) is 13.9. The Morgan fingerprint density at radius 1 is 1.58 bits per heavy atom. The van der Waals surface area contributed by atoms with Crippen LogP contribution in [-0.2, 0) is 4.79 Å². The summed E-state index contributed by atoms with van der Waals surface area (Å²) in [6, 6.07) is 0. The first-order valence-corrected chi connectivity index (χ1v) is 6.67. The van der Waals surface area contributed by atoms with E-state index in [4.69, 9.17) is 11.6 Å². The molecule has 0 radical (unpaired) electrons. The molecule has 1 aliphatic heterocycles. The van der Waals surface area contributed by atoms with Crippen LogP contribution in [0.4, 0.5) is 11.8 Å². The fraction of sp³-hybridized carbons (Fsp3) is 0.583. The number of rotatable bonds is 3. The van der Waals surface area contributed by atoms with E-state index in [-0.39, 0.29) is 5.91 Å². The van der Waals surface area contributed by atoms with E-state index in [1.54, 1.807) is 6.20 Å². The van der Waals surface area contributed by atoms with E-state index >= 15 is 0 Å². The zero-order valence-corrected chi connectivity index (χ0v) is 12.1. The van der Waals surface area contributed by atoms with Crippen molar-refractivity contribution in [2.75, 3.05) is 29.9 Å². The van der Waals surface area contributed by atoms with Crippen molar-refractivity contribution in [3.8, 4) is 0 Å². The average molecular weight is 284 g/mol. The fourth-order valence-corrected chi connectivity index (χ4v) is 2.25. The molecular formula is C12H18ClN5O. The minimum absolute atomic E-state index is 0.0292. The lowest BCUT2D eigenvalue weighted by Crippen LogP contribution is -2.62. The Morgan fingerprint density at radius 2 is 2.32 bits per heavy atom. The molecule has 0 spiro atoms. The van der Waals surface area contributed by atoms with Crippen LogP contribution in [0.5, 0.6) is 0 Å². The minimum Gasteiger partial charge on any atom is -0.354 e. The first-order chi connectivity index (χ1) is 8.96. The SMILES string of the molecule is CCNc1ncc(Cl)c(N2CCNC(=O)C2(C)C)n1. The van der Waals surface area contributed by atoms with Gasteiger partial charge in [-0.25, -0.2) is 4.98 Å². The lowest BCUT2D eigenvalue weighted by molar-refractivity contribution is -0.126. The van der Waals surface area contributed by atoms with Crippen molar-refractivity contribution in [3.63, 3.8) is 0 Å². The van der Waals surface area contributed by atoms with Crippen molar-refractivity contribution in [1.29, 1.82) is 0 Å². The third-order valence-corrected chi connectivity index (χ3v) is 3.43.